The predicted octanol–water partition coefficient (Wildman–Crippen LogP) is 1.83. The van der Waals surface area contributed by atoms with Crippen molar-refractivity contribution in [2.45, 2.75) is 52.3 Å². The van der Waals surface area contributed by atoms with Crippen LogP contribution in [0.15, 0.2) is 18.2 Å². The summed E-state index contributed by atoms with van der Waals surface area (Å²) in [7, 11) is 0. The van der Waals surface area contributed by atoms with E-state index in [4.69, 9.17) is 4.74 Å². The lowest BCUT2D eigenvalue weighted by Gasteiger charge is -2.24. The summed E-state index contributed by atoms with van der Waals surface area (Å²) in [6.45, 7) is 8.84. The lowest BCUT2D eigenvalue weighted by molar-refractivity contribution is -0.124. The number of benzene rings is 1. The van der Waals surface area contributed by atoms with E-state index in [2.05, 4.69) is 21.3 Å². The Bertz CT molecular complexity index is 696. The van der Waals surface area contributed by atoms with Gasteiger partial charge in [-0.05, 0) is 52.8 Å². The molecule has 1 aromatic carbocycles. The average Bonchev–Trinajstić information content (AvgIpc) is 2.46. The first-order valence-corrected chi connectivity index (χ1v) is 8.06. The highest BCUT2D eigenvalue weighted by Gasteiger charge is 2.24. The highest BCUT2D eigenvalue weighted by atomic mass is 16.5. The number of hydrogen-bond donors (Lipinski definition) is 4. The number of fused-ring (bicyclic) bond motifs is 1. The van der Waals surface area contributed by atoms with E-state index in [1.54, 1.807) is 32.0 Å². The number of amides is 4. The predicted molar refractivity (Wildman–Crippen MR) is 94.7 cm³/mol. The van der Waals surface area contributed by atoms with Crippen LogP contribution < -0.4 is 26.0 Å². The van der Waals surface area contributed by atoms with Crippen LogP contribution in [0.1, 0.15) is 34.6 Å². The number of anilines is 2. The summed E-state index contributed by atoms with van der Waals surface area (Å²) >= 11 is 0. The van der Waals surface area contributed by atoms with E-state index in [0.717, 1.165) is 0 Å². The highest BCUT2D eigenvalue weighted by Crippen LogP contribution is 2.32. The maximum absolute atomic E-state index is 12.1. The Morgan fingerprint density at radius 2 is 1.96 bits per heavy atom. The van der Waals surface area contributed by atoms with Crippen molar-refractivity contribution in [1.82, 2.24) is 10.6 Å². The van der Waals surface area contributed by atoms with Gasteiger partial charge < -0.3 is 26.0 Å². The van der Waals surface area contributed by atoms with Crippen LogP contribution in [0.5, 0.6) is 5.75 Å². The second-order valence-electron chi connectivity index (χ2n) is 7.02. The fourth-order valence-electron chi connectivity index (χ4n) is 2.19. The van der Waals surface area contributed by atoms with Gasteiger partial charge in [-0.25, -0.2) is 4.79 Å². The molecular weight excluding hydrogens is 324 g/mol. The molecule has 1 aromatic rings. The van der Waals surface area contributed by atoms with Crippen LogP contribution in [0.2, 0.25) is 0 Å². The van der Waals surface area contributed by atoms with E-state index < -0.39 is 18.2 Å². The van der Waals surface area contributed by atoms with Gasteiger partial charge in [0.15, 0.2) is 6.10 Å². The summed E-state index contributed by atoms with van der Waals surface area (Å²) in [6.07, 6.45) is -0.559. The van der Waals surface area contributed by atoms with Crippen molar-refractivity contribution in [3.63, 3.8) is 0 Å². The van der Waals surface area contributed by atoms with Gasteiger partial charge in [0.25, 0.3) is 5.91 Å². The van der Waals surface area contributed by atoms with E-state index in [9.17, 15) is 14.4 Å². The molecule has 0 saturated carbocycles. The third kappa shape index (κ3) is 5.10. The van der Waals surface area contributed by atoms with Crippen molar-refractivity contribution in [2.75, 3.05) is 10.6 Å². The minimum Gasteiger partial charge on any atom is -0.479 e. The number of carbonyl (C=O) groups excluding carboxylic acids is 3. The summed E-state index contributed by atoms with van der Waals surface area (Å²) in [4.78, 5) is 35.7. The van der Waals surface area contributed by atoms with Crippen LogP contribution in [0.3, 0.4) is 0 Å². The van der Waals surface area contributed by atoms with Crippen LogP contribution in [0, 0.1) is 0 Å². The topological polar surface area (TPSA) is 109 Å². The minimum atomic E-state index is -0.694. The summed E-state index contributed by atoms with van der Waals surface area (Å²) in [5.74, 6) is 0.0142. The van der Waals surface area contributed by atoms with Crippen molar-refractivity contribution in [3.05, 3.63) is 18.2 Å². The van der Waals surface area contributed by atoms with Crippen LogP contribution in [0.4, 0.5) is 16.2 Å². The standard InChI is InChI=1S/C17H24N4O4/c1-9(14(22)21-17(3,4)5)18-16(24)19-11-6-7-13-12(8-11)20-15(23)10(2)25-13/h6-10H,1-5H3,(H,20,23)(H,21,22)(H2,18,19,24)/t9-,10+/m1/s1. The zero-order chi connectivity index (χ0) is 18.8. The molecule has 8 heteroatoms. The number of carbonyl (C=O) groups is 3. The SMILES string of the molecule is C[C@@H]1Oc2ccc(NC(=O)N[C@H](C)C(=O)NC(C)(C)C)cc2NC1=O. The monoisotopic (exact) mass is 348 g/mol. The first-order valence-electron chi connectivity index (χ1n) is 8.06. The summed E-state index contributed by atoms with van der Waals surface area (Å²) < 4.78 is 5.45. The normalized spacial score (nSPS) is 17.5. The zero-order valence-electron chi connectivity index (χ0n) is 15.0. The number of rotatable bonds is 3. The maximum atomic E-state index is 12.1. The lowest BCUT2D eigenvalue weighted by atomic mass is 10.1. The molecule has 0 aromatic heterocycles. The second kappa shape index (κ2) is 7.00. The summed E-state index contributed by atoms with van der Waals surface area (Å²) in [5, 5.41) is 10.7. The molecule has 0 radical (unpaired) electrons. The first kappa shape index (κ1) is 18.6. The number of hydrogen-bond acceptors (Lipinski definition) is 4. The lowest BCUT2D eigenvalue weighted by Crippen LogP contribution is -2.51. The molecule has 4 amide bonds. The average molecular weight is 348 g/mol. The Hall–Kier alpha value is -2.77. The molecule has 0 fully saturated rings. The van der Waals surface area contributed by atoms with Gasteiger partial charge in [-0.2, -0.15) is 0 Å². The second-order valence-corrected chi connectivity index (χ2v) is 7.02. The molecule has 0 saturated heterocycles. The molecular formula is C17H24N4O4. The van der Waals surface area contributed by atoms with Crippen molar-refractivity contribution in [2.24, 2.45) is 0 Å². The minimum absolute atomic E-state index is 0.249. The van der Waals surface area contributed by atoms with Gasteiger partial charge in [-0.1, -0.05) is 0 Å². The molecule has 25 heavy (non-hydrogen) atoms. The molecule has 1 aliphatic heterocycles. The number of nitrogens with one attached hydrogen (secondary N) is 4. The summed E-state index contributed by atoms with van der Waals surface area (Å²) in [5.41, 5.74) is 0.578. The number of ether oxygens (including phenoxy) is 1. The molecule has 4 N–H and O–H groups in total. The smallest absolute Gasteiger partial charge is 0.319 e. The van der Waals surface area contributed by atoms with Crippen LogP contribution >= 0.6 is 0 Å². The molecule has 0 unspecified atom stereocenters. The van der Waals surface area contributed by atoms with Crippen molar-refractivity contribution < 1.29 is 19.1 Å². The van der Waals surface area contributed by atoms with E-state index in [1.165, 1.54) is 0 Å². The van der Waals surface area contributed by atoms with Gasteiger partial charge in [0.1, 0.15) is 11.8 Å². The Morgan fingerprint density at radius 3 is 2.60 bits per heavy atom. The Kier molecular flexibility index (Phi) is 5.20. The first-order chi connectivity index (χ1) is 11.5. The maximum Gasteiger partial charge on any atom is 0.319 e. The van der Waals surface area contributed by atoms with Gasteiger partial charge in [-0.3, -0.25) is 9.59 Å². The molecule has 2 atom stereocenters. The van der Waals surface area contributed by atoms with Gasteiger partial charge in [0, 0.05) is 11.2 Å². The van der Waals surface area contributed by atoms with Gasteiger partial charge in [-0.15, -0.1) is 0 Å². The van der Waals surface area contributed by atoms with Crippen LogP contribution in [-0.4, -0.2) is 35.5 Å². The van der Waals surface area contributed by atoms with Crippen LogP contribution in [-0.2, 0) is 9.59 Å². The van der Waals surface area contributed by atoms with Crippen molar-refractivity contribution >= 4 is 29.2 Å². The fourth-order valence-corrected chi connectivity index (χ4v) is 2.19. The molecule has 1 aliphatic rings. The van der Waals surface area contributed by atoms with Crippen molar-refractivity contribution in [3.8, 4) is 5.75 Å². The van der Waals surface area contributed by atoms with Crippen LogP contribution in [0.25, 0.3) is 0 Å². The van der Waals surface area contributed by atoms with E-state index in [0.29, 0.717) is 17.1 Å². The third-order valence-electron chi connectivity index (χ3n) is 3.41. The molecule has 2 rings (SSSR count). The van der Waals surface area contributed by atoms with E-state index in [-0.39, 0.29) is 17.4 Å². The Labute approximate surface area is 146 Å². The van der Waals surface area contributed by atoms with Gasteiger partial charge in [0.2, 0.25) is 5.91 Å². The Morgan fingerprint density at radius 1 is 1.28 bits per heavy atom. The molecule has 0 bridgehead atoms. The van der Waals surface area contributed by atoms with E-state index in [1.807, 2.05) is 20.8 Å². The number of urea groups is 1. The largest absolute Gasteiger partial charge is 0.479 e. The Balaban J connectivity index is 1.96. The fraction of sp³-hybridized carbons (Fsp3) is 0.471. The molecule has 1 heterocycles. The molecule has 0 spiro atoms. The molecule has 0 aliphatic carbocycles. The third-order valence-corrected chi connectivity index (χ3v) is 3.41. The van der Waals surface area contributed by atoms with Crippen molar-refractivity contribution in [1.29, 1.82) is 0 Å². The summed E-state index contributed by atoms with van der Waals surface area (Å²) in [6, 6.07) is 3.70. The van der Waals surface area contributed by atoms with Gasteiger partial charge >= 0.3 is 6.03 Å². The quantitative estimate of drug-likeness (QED) is 0.668. The van der Waals surface area contributed by atoms with E-state index >= 15 is 0 Å². The zero-order valence-corrected chi connectivity index (χ0v) is 15.0. The highest BCUT2D eigenvalue weighted by molar-refractivity contribution is 5.99. The molecule has 136 valence electrons. The molecule has 8 nitrogen and oxygen atoms in total. The van der Waals surface area contributed by atoms with Gasteiger partial charge in [0.05, 0.1) is 5.69 Å².